The van der Waals surface area contributed by atoms with E-state index in [1.807, 2.05) is 24.3 Å². The molecule has 0 atom stereocenters. The maximum absolute atomic E-state index is 10.9. The highest BCUT2D eigenvalue weighted by Gasteiger charge is 2.06. The molecule has 16 heavy (non-hydrogen) atoms. The molecule has 1 aromatic rings. The van der Waals surface area contributed by atoms with Crippen molar-refractivity contribution in [2.45, 2.75) is 26.3 Å². The van der Waals surface area contributed by atoms with Crippen molar-refractivity contribution in [2.75, 3.05) is 0 Å². The molecule has 0 radical (unpaired) electrons. The van der Waals surface area contributed by atoms with Crippen molar-refractivity contribution in [1.29, 1.82) is 0 Å². The Labute approximate surface area is 94.8 Å². The number of amides is 2. The van der Waals surface area contributed by atoms with Crippen LogP contribution < -0.4 is 11.1 Å². The highest BCUT2D eigenvalue weighted by molar-refractivity contribution is 6.34. The first-order valence-corrected chi connectivity index (χ1v) is 5.29. The van der Waals surface area contributed by atoms with Crippen LogP contribution in [0.1, 0.15) is 24.5 Å². The standard InChI is InChI=1S/C12H16N2O2/c1-2-3-9-4-6-10(7-5-9)8-14-12(16)11(13)15/h4-7H,2-3,8H2,1H3,(H2,13,15)(H,14,16). The number of primary amides is 1. The Kier molecular flexibility index (Phi) is 4.51. The van der Waals surface area contributed by atoms with Gasteiger partial charge in [0.2, 0.25) is 0 Å². The topological polar surface area (TPSA) is 72.2 Å². The van der Waals surface area contributed by atoms with E-state index in [2.05, 4.69) is 12.2 Å². The lowest BCUT2D eigenvalue weighted by Gasteiger charge is -2.04. The van der Waals surface area contributed by atoms with Crippen molar-refractivity contribution < 1.29 is 9.59 Å². The second kappa shape index (κ2) is 5.90. The van der Waals surface area contributed by atoms with Gasteiger partial charge in [-0.3, -0.25) is 9.59 Å². The molecular formula is C12H16N2O2. The number of aryl methyl sites for hydroxylation is 1. The number of hydrogen-bond acceptors (Lipinski definition) is 2. The number of benzene rings is 1. The summed E-state index contributed by atoms with van der Waals surface area (Å²) in [6, 6.07) is 7.92. The zero-order chi connectivity index (χ0) is 12.0. The molecule has 1 aromatic carbocycles. The average molecular weight is 220 g/mol. The maximum Gasteiger partial charge on any atom is 0.309 e. The zero-order valence-corrected chi connectivity index (χ0v) is 9.32. The van der Waals surface area contributed by atoms with Gasteiger partial charge in [0.25, 0.3) is 0 Å². The Bertz CT molecular complexity index is 371. The molecule has 0 bridgehead atoms. The number of nitrogens with one attached hydrogen (secondary N) is 1. The molecule has 86 valence electrons. The molecule has 0 aromatic heterocycles. The Morgan fingerprint density at radius 1 is 1.19 bits per heavy atom. The summed E-state index contributed by atoms with van der Waals surface area (Å²) < 4.78 is 0. The fraction of sp³-hybridized carbons (Fsp3) is 0.333. The van der Waals surface area contributed by atoms with Crippen LogP contribution in [0, 0.1) is 0 Å². The second-order valence-electron chi connectivity index (χ2n) is 3.61. The molecule has 0 heterocycles. The smallest absolute Gasteiger partial charge is 0.309 e. The van der Waals surface area contributed by atoms with E-state index >= 15 is 0 Å². The van der Waals surface area contributed by atoms with Crippen LogP contribution in [0.3, 0.4) is 0 Å². The van der Waals surface area contributed by atoms with E-state index in [0.29, 0.717) is 6.54 Å². The van der Waals surface area contributed by atoms with Crippen molar-refractivity contribution in [2.24, 2.45) is 5.73 Å². The molecular weight excluding hydrogens is 204 g/mol. The number of hydrogen-bond donors (Lipinski definition) is 2. The van der Waals surface area contributed by atoms with Gasteiger partial charge in [-0.2, -0.15) is 0 Å². The fourth-order valence-electron chi connectivity index (χ4n) is 1.38. The molecule has 0 aliphatic heterocycles. The van der Waals surface area contributed by atoms with Crippen LogP contribution in [0.15, 0.2) is 24.3 Å². The predicted molar refractivity (Wildman–Crippen MR) is 61.5 cm³/mol. The molecule has 4 heteroatoms. The molecule has 2 amide bonds. The quantitative estimate of drug-likeness (QED) is 0.734. The summed E-state index contributed by atoms with van der Waals surface area (Å²) in [7, 11) is 0. The highest BCUT2D eigenvalue weighted by Crippen LogP contribution is 2.06. The number of carbonyl (C=O) groups excluding carboxylic acids is 2. The zero-order valence-electron chi connectivity index (χ0n) is 9.32. The van der Waals surface area contributed by atoms with Crippen molar-refractivity contribution >= 4 is 11.8 Å². The molecule has 1 rings (SSSR count). The molecule has 0 spiro atoms. The first-order chi connectivity index (χ1) is 7.63. The molecule has 0 saturated carbocycles. The van der Waals surface area contributed by atoms with Gasteiger partial charge in [0, 0.05) is 6.54 Å². The van der Waals surface area contributed by atoms with Gasteiger partial charge in [-0.1, -0.05) is 37.6 Å². The highest BCUT2D eigenvalue weighted by atomic mass is 16.2. The van der Waals surface area contributed by atoms with E-state index in [1.165, 1.54) is 5.56 Å². The van der Waals surface area contributed by atoms with Crippen LogP contribution in [-0.4, -0.2) is 11.8 Å². The Hall–Kier alpha value is -1.84. The number of carbonyl (C=O) groups is 2. The van der Waals surface area contributed by atoms with E-state index in [9.17, 15) is 9.59 Å². The van der Waals surface area contributed by atoms with E-state index < -0.39 is 11.8 Å². The number of rotatable bonds is 4. The lowest BCUT2D eigenvalue weighted by Crippen LogP contribution is -2.35. The van der Waals surface area contributed by atoms with Crippen molar-refractivity contribution in [1.82, 2.24) is 5.32 Å². The number of nitrogens with two attached hydrogens (primary N) is 1. The third kappa shape index (κ3) is 3.73. The molecule has 4 nitrogen and oxygen atoms in total. The summed E-state index contributed by atoms with van der Waals surface area (Å²) in [6.45, 7) is 2.45. The molecule has 0 aliphatic carbocycles. The Balaban J connectivity index is 2.49. The summed E-state index contributed by atoms with van der Waals surface area (Å²) >= 11 is 0. The normalized spacial score (nSPS) is 9.81. The van der Waals surface area contributed by atoms with Crippen LogP contribution in [0.25, 0.3) is 0 Å². The van der Waals surface area contributed by atoms with Gasteiger partial charge in [-0.25, -0.2) is 0 Å². The lowest BCUT2D eigenvalue weighted by molar-refractivity contribution is -0.137. The van der Waals surface area contributed by atoms with E-state index in [4.69, 9.17) is 5.73 Å². The van der Waals surface area contributed by atoms with Crippen LogP contribution in [-0.2, 0) is 22.6 Å². The molecule has 3 N–H and O–H groups in total. The van der Waals surface area contributed by atoms with E-state index in [1.54, 1.807) is 0 Å². The molecule has 0 fully saturated rings. The Morgan fingerprint density at radius 2 is 1.75 bits per heavy atom. The van der Waals surface area contributed by atoms with Gasteiger partial charge in [0.1, 0.15) is 0 Å². The van der Waals surface area contributed by atoms with Crippen molar-refractivity contribution in [3.63, 3.8) is 0 Å². The summed E-state index contributed by atoms with van der Waals surface area (Å²) in [4.78, 5) is 21.4. The van der Waals surface area contributed by atoms with Gasteiger partial charge in [0.15, 0.2) is 0 Å². The van der Waals surface area contributed by atoms with Crippen molar-refractivity contribution in [3.05, 3.63) is 35.4 Å². The largest absolute Gasteiger partial charge is 0.361 e. The molecule has 0 saturated heterocycles. The fourth-order valence-corrected chi connectivity index (χ4v) is 1.38. The van der Waals surface area contributed by atoms with E-state index in [0.717, 1.165) is 18.4 Å². The van der Waals surface area contributed by atoms with Crippen LogP contribution in [0.4, 0.5) is 0 Å². The summed E-state index contributed by atoms with van der Waals surface area (Å²) in [5.41, 5.74) is 7.04. The molecule has 0 aliphatic rings. The summed E-state index contributed by atoms with van der Waals surface area (Å²) in [6.07, 6.45) is 2.16. The minimum absolute atomic E-state index is 0.328. The first-order valence-electron chi connectivity index (χ1n) is 5.29. The third-order valence-electron chi connectivity index (χ3n) is 2.24. The molecule has 0 unspecified atom stereocenters. The predicted octanol–water partition coefficient (Wildman–Crippen LogP) is 0.741. The van der Waals surface area contributed by atoms with Gasteiger partial charge in [-0.05, 0) is 17.5 Å². The monoisotopic (exact) mass is 220 g/mol. The van der Waals surface area contributed by atoms with Gasteiger partial charge in [0.05, 0.1) is 0 Å². The third-order valence-corrected chi connectivity index (χ3v) is 2.24. The SMILES string of the molecule is CCCc1ccc(CNC(=O)C(N)=O)cc1. The lowest BCUT2D eigenvalue weighted by atomic mass is 10.1. The van der Waals surface area contributed by atoms with E-state index in [-0.39, 0.29) is 0 Å². The minimum Gasteiger partial charge on any atom is -0.361 e. The van der Waals surface area contributed by atoms with Crippen molar-refractivity contribution in [3.8, 4) is 0 Å². The summed E-state index contributed by atoms with van der Waals surface area (Å²) in [5.74, 6) is -1.71. The van der Waals surface area contributed by atoms with Gasteiger partial charge in [-0.15, -0.1) is 0 Å². The maximum atomic E-state index is 10.9. The van der Waals surface area contributed by atoms with Gasteiger partial charge >= 0.3 is 11.8 Å². The average Bonchev–Trinajstić information content (AvgIpc) is 2.28. The van der Waals surface area contributed by atoms with Gasteiger partial charge < -0.3 is 11.1 Å². The second-order valence-corrected chi connectivity index (χ2v) is 3.61. The minimum atomic E-state index is -0.956. The summed E-state index contributed by atoms with van der Waals surface area (Å²) in [5, 5.41) is 2.44. The van der Waals surface area contributed by atoms with Crippen LogP contribution in [0.5, 0.6) is 0 Å². The van der Waals surface area contributed by atoms with Crippen LogP contribution >= 0.6 is 0 Å². The first kappa shape index (κ1) is 12.2. The Morgan fingerprint density at radius 3 is 2.25 bits per heavy atom. The van der Waals surface area contributed by atoms with Crippen LogP contribution in [0.2, 0.25) is 0 Å².